The summed E-state index contributed by atoms with van der Waals surface area (Å²) in [5.41, 5.74) is 6.56. The highest BCUT2D eigenvalue weighted by molar-refractivity contribution is 6.31. The van der Waals surface area contributed by atoms with Gasteiger partial charge < -0.3 is 10.6 Å². The SMILES string of the molecule is CC1(Cc2ccccc2)C(=O)Nc2cc(Cl)ccc21.CC1(Cc2ccccc2)CNc2cc(Cl)ccc21. The number of nitrogens with one attached hydrogen (secondary N) is 2. The lowest BCUT2D eigenvalue weighted by Gasteiger charge is -2.24. The first-order valence-electron chi connectivity index (χ1n) is 12.5. The van der Waals surface area contributed by atoms with Crippen LogP contribution in [0.2, 0.25) is 10.0 Å². The molecule has 1 amide bonds. The van der Waals surface area contributed by atoms with Crippen LogP contribution in [0.5, 0.6) is 0 Å². The number of benzene rings is 4. The van der Waals surface area contributed by atoms with Gasteiger partial charge in [0.15, 0.2) is 0 Å². The van der Waals surface area contributed by atoms with E-state index < -0.39 is 5.41 Å². The fraction of sp³-hybridized carbons (Fsp3) is 0.219. The minimum atomic E-state index is -0.527. The van der Waals surface area contributed by atoms with Crippen molar-refractivity contribution < 1.29 is 4.79 Å². The van der Waals surface area contributed by atoms with E-state index in [1.165, 1.54) is 16.8 Å². The molecule has 6 rings (SSSR count). The molecule has 0 aliphatic carbocycles. The van der Waals surface area contributed by atoms with Crippen LogP contribution in [0.3, 0.4) is 0 Å². The van der Waals surface area contributed by atoms with Gasteiger partial charge >= 0.3 is 0 Å². The Labute approximate surface area is 228 Å². The summed E-state index contributed by atoms with van der Waals surface area (Å²) in [5, 5.41) is 7.83. The molecule has 5 heteroatoms. The lowest BCUT2D eigenvalue weighted by atomic mass is 9.78. The van der Waals surface area contributed by atoms with Crippen molar-refractivity contribution in [3.8, 4) is 0 Å². The molecule has 2 atom stereocenters. The molecule has 0 bridgehead atoms. The topological polar surface area (TPSA) is 41.1 Å². The highest BCUT2D eigenvalue weighted by atomic mass is 35.5. The van der Waals surface area contributed by atoms with E-state index in [0.29, 0.717) is 11.4 Å². The summed E-state index contributed by atoms with van der Waals surface area (Å²) >= 11 is 12.0. The van der Waals surface area contributed by atoms with Gasteiger partial charge in [0, 0.05) is 33.4 Å². The summed E-state index contributed by atoms with van der Waals surface area (Å²) in [6.45, 7) is 5.26. The average Bonchev–Trinajstić information content (AvgIpc) is 3.32. The molecule has 2 aliphatic heterocycles. The van der Waals surface area contributed by atoms with Crippen molar-refractivity contribution in [2.45, 2.75) is 37.5 Å². The smallest absolute Gasteiger partial charge is 0.235 e. The van der Waals surface area contributed by atoms with E-state index in [-0.39, 0.29) is 11.3 Å². The molecule has 2 aliphatic rings. The molecule has 3 nitrogen and oxygen atoms in total. The molecule has 0 radical (unpaired) electrons. The van der Waals surface area contributed by atoms with E-state index in [2.05, 4.69) is 54.0 Å². The van der Waals surface area contributed by atoms with Gasteiger partial charge in [-0.15, -0.1) is 0 Å². The van der Waals surface area contributed by atoms with Crippen LogP contribution in [0, 0.1) is 0 Å². The number of hydrogen-bond donors (Lipinski definition) is 2. The number of fused-ring (bicyclic) bond motifs is 2. The molecule has 0 saturated heterocycles. The monoisotopic (exact) mass is 528 g/mol. The Kier molecular flexibility index (Phi) is 7.02. The lowest BCUT2D eigenvalue weighted by Crippen LogP contribution is -2.33. The predicted molar refractivity (Wildman–Crippen MR) is 155 cm³/mol. The Morgan fingerprint density at radius 1 is 0.703 bits per heavy atom. The quantitative estimate of drug-likeness (QED) is 0.281. The van der Waals surface area contributed by atoms with Crippen molar-refractivity contribution in [3.63, 3.8) is 0 Å². The Balaban J connectivity index is 0.000000152. The average molecular weight is 530 g/mol. The number of hydrogen-bond acceptors (Lipinski definition) is 2. The molecule has 4 aromatic rings. The zero-order valence-electron chi connectivity index (χ0n) is 21.0. The van der Waals surface area contributed by atoms with Crippen LogP contribution >= 0.6 is 23.2 Å². The van der Waals surface area contributed by atoms with E-state index in [0.717, 1.165) is 34.8 Å². The molecule has 2 unspecified atom stereocenters. The molecule has 2 N–H and O–H groups in total. The van der Waals surface area contributed by atoms with Gasteiger partial charge in [0.05, 0.1) is 5.41 Å². The number of rotatable bonds is 4. The number of carbonyl (C=O) groups excluding carboxylic acids is 1. The number of amides is 1. The van der Waals surface area contributed by atoms with Gasteiger partial charge in [-0.1, -0.05) is 103 Å². The highest BCUT2D eigenvalue weighted by Crippen LogP contribution is 2.41. The third kappa shape index (κ3) is 5.25. The minimum absolute atomic E-state index is 0.0358. The van der Waals surface area contributed by atoms with E-state index in [1.54, 1.807) is 0 Å². The molecule has 0 fully saturated rings. The molecule has 2 heterocycles. The van der Waals surface area contributed by atoms with Crippen LogP contribution in [0.1, 0.15) is 36.1 Å². The predicted octanol–water partition coefficient (Wildman–Crippen LogP) is 8.06. The van der Waals surface area contributed by atoms with E-state index in [1.807, 2.05) is 67.6 Å². The van der Waals surface area contributed by atoms with Crippen molar-refractivity contribution in [3.05, 3.63) is 129 Å². The van der Waals surface area contributed by atoms with E-state index in [9.17, 15) is 4.79 Å². The second-order valence-electron chi connectivity index (χ2n) is 10.4. The molecular weight excluding hydrogens is 499 g/mol. The summed E-state index contributed by atoms with van der Waals surface area (Å²) in [7, 11) is 0. The summed E-state index contributed by atoms with van der Waals surface area (Å²) in [6, 6.07) is 32.5. The maximum atomic E-state index is 12.3. The van der Waals surface area contributed by atoms with Crippen LogP contribution in [-0.2, 0) is 28.5 Å². The summed E-state index contributed by atoms with van der Waals surface area (Å²) in [5.74, 6) is 0.0358. The zero-order chi connectivity index (χ0) is 26.0. The van der Waals surface area contributed by atoms with Gasteiger partial charge in [-0.3, -0.25) is 4.79 Å². The molecule has 0 spiro atoms. The Morgan fingerprint density at radius 3 is 1.86 bits per heavy atom. The first-order chi connectivity index (χ1) is 17.8. The lowest BCUT2D eigenvalue weighted by molar-refractivity contribution is -0.120. The van der Waals surface area contributed by atoms with Crippen molar-refractivity contribution in [1.29, 1.82) is 0 Å². The number of halogens is 2. The largest absolute Gasteiger partial charge is 0.384 e. The Hall–Kier alpha value is -3.27. The molecule has 188 valence electrons. The van der Waals surface area contributed by atoms with Crippen LogP contribution in [0.15, 0.2) is 97.1 Å². The normalized spacial score (nSPS) is 21.2. The van der Waals surface area contributed by atoms with Gasteiger partial charge in [-0.05, 0) is 66.3 Å². The van der Waals surface area contributed by atoms with Crippen molar-refractivity contribution >= 4 is 40.5 Å². The fourth-order valence-electron chi connectivity index (χ4n) is 5.44. The first-order valence-corrected chi connectivity index (χ1v) is 13.3. The summed E-state index contributed by atoms with van der Waals surface area (Å²) < 4.78 is 0. The fourth-order valence-corrected chi connectivity index (χ4v) is 5.79. The van der Waals surface area contributed by atoms with Gasteiger partial charge in [0.25, 0.3) is 0 Å². The van der Waals surface area contributed by atoms with Gasteiger partial charge in [0.1, 0.15) is 0 Å². The summed E-state index contributed by atoms with van der Waals surface area (Å²) in [6.07, 6.45) is 1.74. The number of carbonyl (C=O) groups is 1. The minimum Gasteiger partial charge on any atom is -0.384 e. The third-order valence-electron chi connectivity index (χ3n) is 7.46. The van der Waals surface area contributed by atoms with E-state index in [4.69, 9.17) is 23.2 Å². The van der Waals surface area contributed by atoms with Gasteiger partial charge in [-0.2, -0.15) is 0 Å². The van der Waals surface area contributed by atoms with Crippen molar-refractivity contribution in [2.75, 3.05) is 17.2 Å². The molecule has 37 heavy (non-hydrogen) atoms. The first kappa shape index (κ1) is 25.4. The van der Waals surface area contributed by atoms with Crippen LogP contribution in [0.25, 0.3) is 0 Å². The maximum absolute atomic E-state index is 12.3. The van der Waals surface area contributed by atoms with Crippen LogP contribution in [-0.4, -0.2) is 12.5 Å². The van der Waals surface area contributed by atoms with Crippen molar-refractivity contribution in [2.24, 2.45) is 0 Å². The molecule has 0 aromatic heterocycles. The van der Waals surface area contributed by atoms with Crippen molar-refractivity contribution in [1.82, 2.24) is 0 Å². The van der Waals surface area contributed by atoms with E-state index >= 15 is 0 Å². The Morgan fingerprint density at radius 2 is 1.24 bits per heavy atom. The number of anilines is 2. The highest BCUT2D eigenvalue weighted by Gasteiger charge is 2.42. The molecule has 4 aromatic carbocycles. The second-order valence-corrected chi connectivity index (χ2v) is 11.3. The maximum Gasteiger partial charge on any atom is 0.235 e. The molecule has 0 saturated carbocycles. The third-order valence-corrected chi connectivity index (χ3v) is 7.93. The second kappa shape index (κ2) is 10.2. The van der Waals surface area contributed by atoms with Crippen LogP contribution < -0.4 is 10.6 Å². The van der Waals surface area contributed by atoms with Gasteiger partial charge in [-0.25, -0.2) is 0 Å². The van der Waals surface area contributed by atoms with Gasteiger partial charge in [0.2, 0.25) is 5.91 Å². The van der Waals surface area contributed by atoms with Crippen LogP contribution in [0.4, 0.5) is 11.4 Å². The Bertz CT molecular complexity index is 1420. The zero-order valence-corrected chi connectivity index (χ0v) is 22.5. The summed E-state index contributed by atoms with van der Waals surface area (Å²) in [4.78, 5) is 12.3. The standard InChI is InChI=1S/C16H14ClNO.C16H16ClN/c1-16(10-11-5-3-2-4-6-11)13-8-7-12(17)9-14(13)18-15(16)19;1-16(10-12-5-3-2-4-6-12)11-18-15-9-13(17)7-8-14(15)16/h2-9H,10H2,1H3,(H,18,19);2-9,18H,10-11H2,1H3. The molecular formula is C32H30Cl2N2O.